The molecule has 1 aromatic rings. The largest absolute Gasteiger partial charge is 0.491 e. The molecule has 0 aromatic heterocycles. The highest BCUT2D eigenvalue weighted by Crippen LogP contribution is 2.07. The third kappa shape index (κ3) is 4.46. The van der Waals surface area contributed by atoms with Crippen LogP contribution in [0.1, 0.15) is 6.92 Å². The Kier molecular flexibility index (Phi) is 4.63. The molecule has 1 atom stereocenters. The first-order valence-electron chi connectivity index (χ1n) is 4.72. The molecule has 82 valence electrons. The van der Waals surface area contributed by atoms with Crippen molar-refractivity contribution in [2.24, 2.45) is 0 Å². The second kappa shape index (κ2) is 6.03. The van der Waals surface area contributed by atoms with Crippen LogP contribution in [-0.2, 0) is 9.53 Å². The quantitative estimate of drug-likeness (QED) is 0.724. The molecule has 0 radical (unpaired) electrons. The minimum atomic E-state index is -0.963. The van der Waals surface area contributed by atoms with Crippen molar-refractivity contribution in [2.75, 3.05) is 13.2 Å². The van der Waals surface area contributed by atoms with Gasteiger partial charge in [-0.3, -0.25) is 0 Å². The zero-order chi connectivity index (χ0) is 11.1. The van der Waals surface area contributed by atoms with Crippen LogP contribution in [0.5, 0.6) is 5.75 Å². The van der Waals surface area contributed by atoms with Crippen LogP contribution in [0.3, 0.4) is 0 Å². The van der Waals surface area contributed by atoms with Crippen molar-refractivity contribution in [3.63, 3.8) is 0 Å². The number of hydrogen-bond donors (Lipinski definition) is 1. The number of para-hydroxylation sites is 1. The fourth-order valence-corrected chi connectivity index (χ4v) is 0.972. The van der Waals surface area contributed by atoms with Crippen molar-refractivity contribution >= 4 is 5.97 Å². The average Bonchev–Trinajstić information content (AvgIpc) is 2.25. The summed E-state index contributed by atoms with van der Waals surface area (Å²) in [7, 11) is 0. The van der Waals surface area contributed by atoms with Crippen LogP contribution in [-0.4, -0.2) is 30.4 Å². The first kappa shape index (κ1) is 11.5. The summed E-state index contributed by atoms with van der Waals surface area (Å²) in [5, 5.41) is 8.53. The number of aliphatic carboxylic acids is 1. The van der Waals surface area contributed by atoms with Crippen molar-refractivity contribution in [1.29, 1.82) is 0 Å². The summed E-state index contributed by atoms with van der Waals surface area (Å²) in [5.41, 5.74) is 0. The third-order valence-corrected chi connectivity index (χ3v) is 1.81. The summed E-state index contributed by atoms with van der Waals surface area (Å²) in [6, 6.07) is 9.31. The zero-order valence-electron chi connectivity index (χ0n) is 8.55. The van der Waals surface area contributed by atoms with Gasteiger partial charge in [0.2, 0.25) is 0 Å². The number of carbonyl (C=O) groups is 1. The molecule has 0 saturated heterocycles. The summed E-state index contributed by atoms with van der Waals surface area (Å²) in [5.74, 6) is -0.209. The van der Waals surface area contributed by atoms with Gasteiger partial charge in [0.15, 0.2) is 6.10 Å². The maximum absolute atomic E-state index is 10.4. The average molecular weight is 210 g/mol. The maximum Gasteiger partial charge on any atom is 0.332 e. The van der Waals surface area contributed by atoms with Gasteiger partial charge in [0.25, 0.3) is 0 Å². The topological polar surface area (TPSA) is 55.8 Å². The molecular weight excluding hydrogens is 196 g/mol. The normalized spacial score (nSPS) is 12.1. The Morgan fingerprint density at radius 2 is 2.00 bits per heavy atom. The Bertz CT molecular complexity index is 297. The van der Waals surface area contributed by atoms with Gasteiger partial charge in [0, 0.05) is 0 Å². The number of ether oxygens (including phenoxy) is 2. The monoisotopic (exact) mass is 210 g/mol. The Balaban J connectivity index is 2.15. The van der Waals surface area contributed by atoms with Crippen molar-refractivity contribution in [2.45, 2.75) is 13.0 Å². The summed E-state index contributed by atoms with van der Waals surface area (Å²) >= 11 is 0. The second-order valence-electron chi connectivity index (χ2n) is 3.01. The molecule has 0 fully saturated rings. The predicted molar refractivity (Wildman–Crippen MR) is 55.0 cm³/mol. The van der Waals surface area contributed by atoms with Crippen molar-refractivity contribution < 1.29 is 19.4 Å². The second-order valence-corrected chi connectivity index (χ2v) is 3.01. The van der Waals surface area contributed by atoms with E-state index in [-0.39, 0.29) is 6.61 Å². The Morgan fingerprint density at radius 1 is 1.33 bits per heavy atom. The minimum Gasteiger partial charge on any atom is -0.491 e. The molecule has 0 unspecified atom stereocenters. The highest BCUT2D eigenvalue weighted by atomic mass is 16.5. The molecule has 1 aromatic carbocycles. The molecule has 4 heteroatoms. The Labute approximate surface area is 88.4 Å². The van der Waals surface area contributed by atoms with Crippen molar-refractivity contribution in [3.05, 3.63) is 30.3 Å². The van der Waals surface area contributed by atoms with Gasteiger partial charge in [-0.05, 0) is 19.1 Å². The molecule has 0 saturated carbocycles. The molecule has 0 spiro atoms. The molecular formula is C11H14O4. The minimum absolute atomic E-state index is 0.266. The molecule has 0 bridgehead atoms. The van der Waals surface area contributed by atoms with Crippen LogP contribution >= 0.6 is 0 Å². The van der Waals surface area contributed by atoms with Crippen LogP contribution in [0.25, 0.3) is 0 Å². The van der Waals surface area contributed by atoms with E-state index in [1.165, 1.54) is 6.92 Å². The Morgan fingerprint density at radius 3 is 2.60 bits per heavy atom. The molecule has 1 N–H and O–H groups in total. The number of benzene rings is 1. The van der Waals surface area contributed by atoms with Crippen LogP contribution < -0.4 is 4.74 Å². The van der Waals surface area contributed by atoms with Gasteiger partial charge in [-0.25, -0.2) is 4.79 Å². The molecule has 0 aliphatic heterocycles. The fourth-order valence-electron chi connectivity index (χ4n) is 0.972. The van der Waals surface area contributed by atoms with E-state index >= 15 is 0 Å². The number of carboxylic acids is 1. The third-order valence-electron chi connectivity index (χ3n) is 1.81. The lowest BCUT2D eigenvalue weighted by Gasteiger charge is -2.09. The van der Waals surface area contributed by atoms with Crippen molar-refractivity contribution in [1.82, 2.24) is 0 Å². The summed E-state index contributed by atoms with van der Waals surface area (Å²) in [6.45, 7) is 2.11. The summed E-state index contributed by atoms with van der Waals surface area (Å²) in [4.78, 5) is 10.4. The van der Waals surface area contributed by atoms with E-state index in [0.717, 1.165) is 5.75 Å². The Hall–Kier alpha value is -1.55. The summed E-state index contributed by atoms with van der Waals surface area (Å²) < 4.78 is 10.3. The van der Waals surface area contributed by atoms with Crippen molar-refractivity contribution in [3.8, 4) is 5.75 Å². The van der Waals surface area contributed by atoms with Crippen LogP contribution in [0.4, 0.5) is 0 Å². The molecule has 0 aliphatic rings. The highest BCUT2D eigenvalue weighted by molar-refractivity contribution is 5.71. The van der Waals surface area contributed by atoms with E-state index < -0.39 is 12.1 Å². The van der Waals surface area contributed by atoms with Gasteiger partial charge >= 0.3 is 5.97 Å². The molecule has 0 amide bonds. The zero-order valence-corrected chi connectivity index (χ0v) is 8.55. The smallest absolute Gasteiger partial charge is 0.332 e. The molecule has 0 aliphatic carbocycles. The van der Waals surface area contributed by atoms with Gasteiger partial charge in [-0.2, -0.15) is 0 Å². The molecule has 15 heavy (non-hydrogen) atoms. The molecule has 4 nitrogen and oxygen atoms in total. The predicted octanol–water partition coefficient (Wildman–Crippen LogP) is 1.56. The lowest BCUT2D eigenvalue weighted by atomic mass is 10.3. The standard InChI is InChI=1S/C11H14O4/c1-9(11(12)13)14-7-8-15-10-5-3-2-4-6-10/h2-6,9H,7-8H2,1H3,(H,12,13)/t9-/m0/s1. The number of hydrogen-bond acceptors (Lipinski definition) is 3. The van der Waals surface area contributed by atoms with E-state index in [9.17, 15) is 4.79 Å². The maximum atomic E-state index is 10.4. The number of carboxylic acid groups (broad SMARTS) is 1. The van der Waals surface area contributed by atoms with Gasteiger partial charge in [-0.15, -0.1) is 0 Å². The lowest BCUT2D eigenvalue weighted by molar-refractivity contribution is -0.149. The SMILES string of the molecule is C[C@H](OCCOc1ccccc1)C(=O)O. The van der Waals surface area contributed by atoms with Crippen LogP contribution in [0.15, 0.2) is 30.3 Å². The number of rotatable bonds is 6. The summed E-state index contributed by atoms with van der Waals surface area (Å²) in [6.07, 6.45) is -0.788. The van der Waals surface area contributed by atoms with Gasteiger partial charge in [0.05, 0.1) is 6.61 Å². The van der Waals surface area contributed by atoms with Crippen LogP contribution in [0.2, 0.25) is 0 Å². The van der Waals surface area contributed by atoms with Gasteiger partial charge < -0.3 is 14.6 Å². The van der Waals surface area contributed by atoms with Gasteiger partial charge in [-0.1, -0.05) is 18.2 Å². The molecule has 0 heterocycles. The highest BCUT2D eigenvalue weighted by Gasteiger charge is 2.09. The first-order chi connectivity index (χ1) is 7.20. The van der Waals surface area contributed by atoms with Crippen LogP contribution in [0, 0.1) is 0 Å². The van der Waals surface area contributed by atoms with E-state index in [1.54, 1.807) is 0 Å². The van der Waals surface area contributed by atoms with E-state index in [2.05, 4.69) is 0 Å². The van der Waals surface area contributed by atoms with E-state index in [4.69, 9.17) is 14.6 Å². The fraction of sp³-hybridized carbons (Fsp3) is 0.364. The van der Waals surface area contributed by atoms with E-state index in [0.29, 0.717) is 6.61 Å². The molecule has 1 rings (SSSR count). The van der Waals surface area contributed by atoms with Gasteiger partial charge in [0.1, 0.15) is 12.4 Å². The first-order valence-corrected chi connectivity index (χ1v) is 4.72. The van der Waals surface area contributed by atoms with E-state index in [1.807, 2.05) is 30.3 Å². The lowest BCUT2D eigenvalue weighted by Crippen LogP contribution is -2.22.